The summed E-state index contributed by atoms with van der Waals surface area (Å²) >= 11 is 0. The molecule has 1 aliphatic rings. The fraction of sp³-hybridized carbons (Fsp3) is 0.200. The van der Waals surface area contributed by atoms with Crippen molar-refractivity contribution >= 4 is 10.8 Å². The van der Waals surface area contributed by atoms with Crippen LogP contribution in [0.4, 0.5) is 0 Å². The molecule has 0 amide bonds. The van der Waals surface area contributed by atoms with Crippen LogP contribution in [-0.4, -0.2) is 7.05 Å². The summed E-state index contributed by atoms with van der Waals surface area (Å²) < 4.78 is 0. The van der Waals surface area contributed by atoms with E-state index in [0.717, 1.165) is 6.42 Å². The van der Waals surface area contributed by atoms with Gasteiger partial charge in [-0.2, -0.15) is 0 Å². The van der Waals surface area contributed by atoms with Gasteiger partial charge < -0.3 is 5.32 Å². The van der Waals surface area contributed by atoms with E-state index >= 15 is 0 Å². The minimum atomic E-state index is 0.463. The first-order valence-electron chi connectivity index (χ1n) is 7.62. The number of nitrogens with one attached hydrogen (secondary N) is 1. The third-order valence-corrected chi connectivity index (χ3v) is 4.77. The number of hydrogen-bond donors (Lipinski definition) is 1. The molecule has 4 rings (SSSR count). The Morgan fingerprint density at radius 2 is 1.43 bits per heavy atom. The van der Waals surface area contributed by atoms with Crippen molar-refractivity contribution in [1.29, 1.82) is 0 Å². The topological polar surface area (TPSA) is 12.0 Å². The zero-order valence-electron chi connectivity index (χ0n) is 12.2. The van der Waals surface area contributed by atoms with E-state index in [9.17, 15) is 0 Å². The molecule has 1 nitrogen and oxygen atoms in total. The summed E-state index contributed by atoms with van der Waals surface area (Å²) in [5.74, 6) is 0.491. The van der Waals surface area contributed by atoms with Crippen LogP contribution in [0, 0.1) is 0 Å². The molecular formula is C20H19N. The molecule has 0 aliphatic heterocycles. The molecule has 0 heterocycles. The largest absolute Gasteiger partial charge is 0.313 e. The maximum absolute atomic E-state index is 3.47. The molecule has 0 bridgehead atoms. The van der Waals surface area contributed by atoms with E-state index in [4.69, 9.17) is 0 Å². The minimum absolute atomic E-state index is 0.463. The number of benzene rings is 3. The van der Waals surface area contributed by atoms with Crippen molar-refractivity contribution in [2.75, 3.05) is 7.05 Å². The van der Waals surface area contributed by atoms with Crippen LogP contribution in [0.5, 0.6) is 0 Å². The van der Waals surface area contributed by atoms with E-state index in [1.165, 1.54) is 27.5 Å². The molecule has 3 aromatic rings. The highest BCUT2D eigenvalue weighted by atomic mass is 14.9. The summed E-state index contributed by atoms with van der Waals surface area (Å²) in [6, 6.07) is 24.7. The molecule has 104 valence electrons. The maximum Gasteiger partial charge on any atom is 0.0329 e. The van der Waals surface area contributed by atoms with Crippen molar-refractivity contribution < 1.29 is 0 Å². The summed E-state index contributed by atoms with van der Waals surface area (Å²) in [4.78, 5) is 0. The second-order valence-corrected chi connectivity index (χ2v) is 5.83. The Labute approximate surface area is 125 Å². The van der Waals surface area contributed by atoms with Crippen LogP contribution in [0.25, 0.3) is 10.8 Å². The quantitative estimate of drug-likeness (QED) is 0.717. The van der Waals surface area contributed by atoms with Crippen LogP contribution in [0.15, 0.2) is 66.7 Å². The number of fused-ring (bicyclic) bond motifs is 2. The van der Waals surface area contributed by atoms with E-state index in [2.05, 4.69) is 79.1 Å². The van der Waals surface area contributed by atoms with E-state index in [0.29, 0.717) is 12.0 Å². The van der Waals surface area contributed by atoms with Crippen LogP contribution < -0.4 is 5.32 Å². The van der Waals surface area contributed by atoms with Crippen molar-refractivity contribution in [3.05, 3.63) is 83.4 Å². The third-order valence-electron chi connectivity index (χ3n) is 4.77. The third kappa shape index (κ3) is 1.97. The Balaban J connectivity index is 1.91. The molecule has 1 heteroatoms. The second-order valence-electron chi connectivity index (χ2n) is 5.83. The molecule has 0 aromatic heterocycles. The standard InChI is InChI=1S/C20H19N/c1-21-20-13-19(17-10-4-5-11-18(17)20)16-12-6-8-14-7-2-3-9-15(14)16/h2-12,19-21H,13H2,1H3/t19-,20-/m0/s1. The Kier molecular flexibility index (Phi) is 3.01. The lowest BCUT2D eigenvalue weighted by molar-refractivity contribution is 0.566. The molecular weight excluding hydrogens is 254 g/mol. The molecule has 0 unspecified atom stereocenters. The van der Waals surface area contributed by atoms with Crippen LogP contribution in [-0.2, 0) is 0 Å². The SMILES string of the molecule is CN[C@H]1C[C@@H](c2cccc3ccccc23)c2ccccc21. The fourth-order valence-electron chi connectivity index (χ4n) is 3.76. The zero-order chi connectivity index (χ0) is 14.2. The first-order valence-corrected chi connectivity index (χ1v) is 7.62. The Bertz CT molecular complexity index is 785. The average molecular weight is 273 g/mol. The molecule has 3 aromatic carbocycles. The summed E-state index contributed by atoms with van der Waals surface area (Å²) in [5, 5.41) is 6.19. The maximum atomic E-state index is 3.47. The highest BCUT2D eigenvalue weighted by molar-refractivity contribution is 5.86. The molecule has 0 radical (unpaired) electrons. The number of rotatable bonds is 2. The summed E-state index contributed by atoms with van der Waals surface area (Å²) in [6.45, 7) is 0. The fourth-order valence-corrected chi connectivity index (χ4v) is 3.76. The van der Waals surface area contributed by atoms with Gasteiger partial charge in [-0.05, 0) is 40.9 Å². The Morgan fingerprint density at radius 3 is 2.29 bits per heavy atom. The highest BCUT2D eigenvalue weighted by Crippen LogP contribution is 2.45. The lowest BCUT2D eigenvalue weighted by atomic mass is 9.89. The van der Waals surface area contributed by atoms with Crippen LogP contribution in [0.1, 0.15) is 35.1 Å². The van der Waals surface area contributed by atoms with Gasteiger partial charge >= 0.3 is 0 Å². The van der Waals surface area contributed by atoms with Crippen LogP contribution in [0.2, 0.25) is 0 Å². The molecule has 0 spiro atoms. The molecule has 2 atom stereocenters. The molecule has 0 fully saturated rings. The predicted molar refractivity (Wildman–Crippen MR) is 88.7 cm³/mol. The average Bonchev–Trinajstić information content (AvgIpc) is 2.93. The van der Waals surface area contributed by atoms with Crippen molar-refractivity contribution in [2.45, 2.75) is 18.4 Å². The highest BCUT2D eigenvalue weighted by Gasteiger charge is 2.31. The first kappa shape index (κ1) is 12.6. The van der Waals surface area contributed by atoms with Gasteiger partial charge in [0.05, 0.1) is 0 Å². The van der Waals surface area contributed by atoms with Crippen molar-refractivity contribution in [2.24, 2.45) is 0 Å². The van der Waals surface area contributed by atoms with Gasteiger partial charge in [-0.3, -0.25) is 0 Å². The zero-order valence-corrected chi connectivity index (χ0v) is 12.2. The van der Waals surface area contributed by atoms with Gasteiger partial charge in [0.1, 0.15) is 0 Å². The van der Waals surface area contributed by atoms with Gasteiger partial charge in [0.25, 0.3) is 0 Å². The van der Waals surface area contributed by atoms with E-state index in [-0.39, 0.29) is 0 Å². The molecule has 21 heavy (non-hydrogen) atoms. The van der Waals surface area contributed by atoms with E-state index in [1.807, 2.05) is 0 Å². The minimum Gasteiger partial charge on any atom is -0.313 e. The lowest BCUT2D eigenvalue weighted by Crippen LogP contribution is -2.13. The van der Waals surface area contributed by atoms with E-state index in [1.54, 1.807) is 0 Å². The van der Waals surface area contributed by atoms with Crippen molar-refractivity contribution in [3.63, 3.8) is 0 Å². The van der Waals surface area contributed by atoms with E-state index < -0.39 is 0 Å². The second kappa shape index (κ2) is 5.01. The summed E-state index contributed by atoms with van der Waals surface area (Å²) in [7, 11) is 2.06. The van der Waals surface area contributed by atoms with Crippen molar-refractivity contribution in [1.82, 2.24) is 5.32 Å². The molecule has 0 saturated heterocycles. The van der Waals surface area contributed by atoms with Gasteiger partial charge in [0.2, 0.25) is 0 Å². The normalized spacial score (nSPS) is 20.6. The monoisotopic (exact) mass is 273 g/mol. The van der Waals surface area contributed by atoms with Gasteiger partial charge in [0, 0.05) is 12.0 Å². The van der Waals surface area contributed by atoms with Crippen LogP contribution in [0.3, 0.4) is 0 Å². The van der Waals surface area contributed by atoms with Crippen molar-refractivity contribution in [3.8, 4) is 0 Å². The number of hydrogen-bond acceptors (Lipinski definition) is 1. The van der Waals surface area contributed by atoms with Gasteiger partial charge in [-0.15, -0.1) is 0 Å². The van der Waals surface area contributed by atoms with Gasteiger partial charge in [-0.25, -0.2) is 0 Å². The predicted octanol–water partition coefficient (Wildman–Crippen LogP) is 4.64. The molecule has 1 aliphatic carbocycles. The summed E-state index contributed by atoms with van der Waals surface area (Å²) in [6.07, 6.45) is 1.14. The Hall–Kier alpha value is -2.12. The Morgan fingerprint density at radius 1 is 0.762 bits per heavy atom. The first-order chi connectivity index (χ1) is 10.4. The van der Waals surface area contributed by atoms with Crippen LogP contribution >= 0.6 is 0 Å². The summed E-state index contributed by atoms with van der Waals surface area (Å²) in [5.41, 5.74) is 4.39. The van der Waals surface area contributed by atoms with Gasteiger partial charge in [-0.1, -0.05) is 66.7 Å². The molecule has 0 saturated carbocycles. The lowest BCUT2D eigenvalue weighted by Gasteiger charge is -2.15. The smallest absolute Gasteiger partial charge is 0.0329 e. The molecule has 1 N–H and O–H groups in total. The van der Waals surface area contributed by atoms with Gasteiger partial charge in [0.15, 0.2) is 0 Å².